The Bertz CT molecular complexity index is 274. The third-order valence-corrected chi connectivity index (χ3v) is 4.76. The van der Waals surface area contributed by atoms with Gasteiger partial charge in [0.1, 0.15) is 0 Å². The average molecular weight is 257 g/mol. The van der Waals surface area contributed by atoms with Crippen molar-refractivity contribution in [1.82, 2.24) is 5.32 Å². The third kappa shape index (κ3) is 2.57. The summed E-state index contributed by atoms with van der Waals surface area (Å²) in [5.74, 6) is 0. The molecule has 0 radical (unpaired) electrons. The number of rotatable bonds is 6. The monoisotopic (exact) mass is 257 g/mol. The van der Waals surface area contributed by atoms with Crippen molar-refractivity contribution in [3.63, 3.8) is 0 Å². The molecule has 0 amide bonds. The van der Waals surface area contributed by atoms with Crippen LogP contribution in [0.5, 0.6) is 0 Å². The van der Waals surface area contributed by atoms with E-state index in [1.165, 1.54) is 25.7 Å². The summed E-state index contributed by atoms with van der Waals surface area (Å²) in [5, 5.41) is 22.4. The topological polar surface area (TPSA) is 61.7 Å². The Kier molecular flexibility index (Phi) is 4.32. The Morgan fingerprint density at radius 1 is 1.39 bits per heavy atom. The zero-order chi connectivity index (χ0) is 13.2. The molecule has 0 heterocycles. The zero-order valence-electron chi connectivity index (χ0n) is 11.6. The highest BCUT2D eigenvalue weighted by Gasteiger charge is 2.56. The van der Waals surface area contributed by atoms with Gasteiger partial charge in [-0.15, -0.1) is 0 Å². The van der Waals surface area contributed by atoms with E-state index in [1.807, 2.05) is 0 Å². The highest BCUT2D eigenvalue weighted by Crippen LogP contribution is 2.54. The summed E-state index contributed by atoms with van der Waals surface area (Å²) in [6.45, 7) is 4.76. The second-order valence-corrected chi connectivity index (χ2v) is 6.21. The van der Waals surface area contributed by atoms with Crippen LogP contribution in [-0.2, 0) is 4.74 Å². The lowest BCUT2D eigenvalue weighted by atomic mass is 9.60. The van der Waals surface area contributed by atoms with Crippen molar-refractivity contribution < 1.29 is 14.9 Å². The normalized spacial score (nSPS) is 33.3. The van der Waals surface area contributed by atoms with Gasteiger partial charge in [0.2, 0.25) is 0 Å². The Morgan fingerprint density at radius 2 is 2.06 bits per heavy atom. The fourth-order valence-electron chi connectivity index (χ4n) is 3.57. The van der Waals surface area contributed by atoms with Gasteiger partial charge in [0.05, 0.1) is 18.3 Å². The maximum Gasteiger partial charge on any atom is 0.0972 e. The van der Waals surface area contributed by atoms with Crippen molar-refractivity contribution in [2.75, 3.05) is 19.8 Å². The highest BCUT2D eigenvalue weighted by atomic mass is 16.5. The SMILES string of the molecule is CCOC1CC(NCC(C)(O)CO)C12CCCC2. The maximum absolute atomic E-state index is 9.85. The summed E-state index contributed by atoms with van der Waals surface area (Å²) in [5.41, 5.74) is -0.724. The molecule has 3 unspecified atom stereocenters. The van der Waals surface area contributed by atoms with Crippen LogP contribution in [0.2, 0.25) is 0 Å². The van der Waals surface area contributed by atoms with Crippen molar-refractivity contribution in [2.24, 2.45) is 5.41 Å². The van der Waals surface area contributed by atoms with E-state index in [1.54, 1.807) is 6.92 Å². The van der Waals surface area contributed by atoms with Gasteiger partial charge in [-0.3, -0.25) is 0 Å². The van der Waals surface area contributed by atoms with Crippen LogP contribution >= 0.6 is 0 Å². The lowest BCUT2D eigenvalue weighted by molar-refractivity contribution is -0.134. The van der Waals surface area contributed by atoms with E-state index in [0.29, 0.717) is 24.1 Å². The summed E-state index contributed by atoms with van der Waals surface area (Å²) >= 11 is 0. The molecule has 2 aliphatic carbocycles. The Labute approximate surface area is 110 Å². The molecule has 2 rings (SSSR count). The smallest absolute Gasteiger partial charge is 0.0972 e. The first-order valence-electron chi connectivity index (χ1n) is 7.22. The Morgan fingerprint density at radius 3 is 2.61 bits per heavy atom. The van der Waals surface area contributed by atoms with Crippen LogP contribution in [0.1, 0.15) is 46.0 Å². The first-order chi connectivity index (χ1) is 8.54. The van der Waals surface area contributed by atoms with Crippen LogP contribution in [0.3, 0.4) is 0 Å². The van der Waals surface area contributed by atoms with Crippen molar-refractivity contribution in [3.8, 4) is 0 Å². The molecule has 0 aromatic heterocycles. The molecule has 1 spiro atoms. The molecule has 2 saturated carbocycles. The van der Waals surface area contributed by atoms with Gasteiger partial charge in [0, 0.05) is 24.6 Å². The summed E-state index contributed by atoms with van der Waals surface area (Å²) in [6, 6.07) is 0.439. The van der Waals surface area contributed by atoms with Crippen LogP contribution < -0.4 is 5.32 Å². The minimum absolute atomic E-state index is 0.200. The summed E-state index contributed by atoms with van der Waals surface area (Å²) in [6.07, 6.45) is 6.47. The minimum atomic E-state index is -1.02. The quantitative estimate of drug-likeness (QED) is 0.666. The van der Waals surface area contributed by atoms with Crippen LogP contribution in [-0.4, -0.2) is 47.7 Å². The van der Waals surface area contributed by atoms with Crippen molar-refractivity contribution in [3.05, 3.63) is 0 Å². The van der Waals surface area contributed by atoms with Crippen molar-refractivity contribution in [2.45, 2.75) is 63.7 Å². The molecule has 2 fully saturated rings. The largest absolute Gasteiger partial charge is 0.393 e. The first-order valence-corrected chi connectivity index (χ1v) is 7.22. The van der Waals surface area contributed by atoms with E-state index in [9.17, 15) is 5.11 Å². The number of hydrogen-bond acceptors (Lipinski definition) is 4. The molecule has 0 bridgehead atoms. The Balaban J connectivity index is 1.90. The van der Waals surface area contributed by atoms with Gasteiger partial charge in [-0.1, -0.05) is 12.8 Å². The van der Waals surface area contributed by atoms with Gasteiger partial charge in [-0.05, 0) is 33.1 Å². The van der Waals surface area contributed by atoms with Gasteiger partial charge in [-0.2, -0.15) is 0 Å². The third-order valence-electron chi connectivity index (χ3n) is 4.76. The molecule has 0 aliphatic heterocycles. The zero-order valence-corrected chi connectivity index (χ0v) is 11.6. The van der Waals surface area contributed by atoms with Crippen LogP contribution in [0, 0.1) is 5.41 Å². The molecule has 0 aromatic carbocycles. The Hall–Kier alpha value is -0.160. The predicted octanol–water partition coefficient (Wildman–Crippen LogP) is 1.06. The molecular weight excluding hydrogens is 230 g/mol. The molecule has 4 nitrogen and oxygen atoms in total. The van der Waals surface area contributed by atoms with Crippen molar-refractivity contribution >= 4 is 0 Å². The number of aliphatic hydroxyl groups excluding tert-OH is 1. The van der Waals surface area contributed by atoms with Crippen LogP contribution in [0.25, 0.3) is 0 Å². The average Bonchev–Trinajstić information content (AvgIpc) is 2.85. The lowest BCUT2D eigenvalue weighted by Crippen LogP contribution is -2.64. The van der Waals surface area contributed by atoms with Crippen molar-refractivity contribution in [1.29, 1.82) is 0 Å². The van der Waals surface area contributed by atoms with Crippen LogP contribution in [0.15, 0.2) is 0 Å². The van der Waals surface area contributed by atoms with Gasteiger partial charge in [0.15, 0.2) is 0 Å². The van der Waals surface area contributed by atoms with Crippen LogP contribution in [0.4, 0.5) is 0 Å². The highest BCUT2D eigenvalue weighted by molar-refractivity contribution is 5.10. The molecule has 3 atom stereocenters. The van der Waals surface area contributed by atoms with Gasteiger partial charge >= 0.3 is 0 Å². The standard InChI is InChI=1S/C14H27NO3/c1-3-18-12-8-11(14(12)6-4-5-7-14)15-9-13(2,17)10-16/h11-12,15-17H,3-10H2,1-2H3. The second kappa shape index (κ2) is 5.45. The summed E-state index contributed by atoms with van der Waals surface area (Å²) in [4.78, 5) is 0. The maximum atomic E-state index is 9.85. The molecule has 4 heteroatoms. The van der Waals surface area contributed by atoms with E-state index in [0.717, 1.165) is 13.0 Å². The second-order valence-electron chi connectivity index (χ2n) is 6.21. The first kappa shape index (κ1) is 14.3. The molecule has 3 N–H and O–H groups in total. The van der Waals surface area contributed by atoms with E-state index < -0.39 is 5.60 Å². The molecular formula is C14H27NO3. The molecule has 18 heavy (non-hydrogen) atoms. The van der Waals surface area contributed by atoms with E-state index in [-0.39, 0.29) is 6.61 Å². The summed E-state index contributed by atoms with van der Waals surface area (Å²) < 4.78 is 5.85. The fourth-order valence-corrected chi connectivity index (χ4v) is 3.57. The summed E-state index contributed by atoms with van der Waals surface area (Å²) in [7, 11) is 0. The van der Waals surface area contributed by atoms with E-state index >= 15 is 0 Å². The molecule has 106 valence electrons. The number of nitrogens with one attached hydrogen (secondary N) is 1. The fraction of sp³-hybridized carbons (Fsp3) is 1.00. The lowest BCUT2D eigenvalue weighted by Gasteiger charge is -2.54. The predicted molar refractivity (Wildman–Crippen MR) is 70.4 cm³/mol. The van der Waals surface area contributed by atoms with E-state index in [4.69, 9.17) is 9.84 Å². The van der Waals surface area contributed by atoms with E-state index in [2.05, 4.69) is 12.2 Å². The number of ether oxygens (including phenoxy) is 1. The van der Waals surface area contributed by atoms with Gasteiger partial charge < -0.3 is 20.3 Å². The molecule has 0 aromatic rings. The minimum Gasteiger partial charge on any atom is -0.393 e. The molecule has 2 aliphatic rings. The van der Waals surface area contributed by atoms with Gasteiger partial charge in [-0.25, -0.2) is 0 Å². The van der Waals surface area contributed by atoms with Gasteiger partial charge in [0.25, 0.3) is 0 Å². The number of hydrogen-bond donors (Lipinski definition) is 3. The number of aliphatic hydroxyl groups is 2. The molecule has 0 saturated heterocycles.